The van der Waals surface area contributed by atoms with E-state index in [1.165, 1.54) is 0 Å². The lowest BCUT2D eigenvalue weighted by molar-refractivity contribution is -0.110. The topological polar surface area (TPSA) is 94.2 Å². The van der Waals surface area contributed by atoms with E-state index in [1.807, 2.05) is 67.6 Å². The predicted molar refractivity (Wildman–Crippen MR) is 144 cm³/mol. The molecule has 0 spiro atoms. The number of nitrogens with one attached hydrogen (secondary N) is 3. The van der Waals surface area contributed by atoms with Crippen LogP contribution in [0.15, 0.2) is 85.6 Å². The normalized spacial score (nSPS) is 13.4. The van der Waals surface area contributed by atoms with Crippen molar-refractivity contribution in [2.75, 3.05) is 10.6 Å². The zero-order valence-corrected chi connectivity index (χ0v) is 19.8. The van der Waals surface area contributed by atoms with Gasteiger partial charge in [-0.2, -0.15) is 0 Å². The second kappa shape index (κ2) is 9.43. The standard InChI is InChI=1S/C30H25N3O3/c1-18-5-3-7-22(11-18)29(35)32-24-8-4-6-20(13-24)12-21-9-10-26-27(30(36)33-28(26)14-21)16-25-15-23(17-31-25)19(2)34/h3-11,13-17,31,34H,2,12H2,1H3,(H,32,35)(H,33,36)/b27-16-. The number of rotatable bonds is 6. The van der Waals surface area contributed by atoms with E-state index in [4.69, 9.17) is 0 Å². The highest BCUT2D eigenvalue weighted by Gasteiger charge is 2.24. The lowest BCUT2D eigenvalue weighted by atomic mass is 9.99. The molecule has 0 unspecified atom stereocenters. The minimum atomic E-state index is -0.179. The van der Waals surface area contributed by atoms with Crippen LogP contribution in [0.1, 0.15) is 43.9 Å². The van der Waals surface area contributed by atoms with Crippen molar-refractivity contribution in [2.24, 2.45) is 0 Å². The molecular weight excluding hydrogens is 450 g/mol. The Kier molecular flexibility index (Phi) is 6.00. The van der Waals surface area contributed by atoms with E-state index in [1.54, 1.807) is 24.4 Å². The number of benzene rings is 3. The number of hydrogen-bond donors (Lipinski definition) is 4. The maximum absolute atomic E-state index is 12.6. The van der Waals surface area contributed by atoms with Crippen LogP contribution in [0.2, 0.25) is 0 Å². The summed E-state index contributed by atoms with van der Waals surface area (Å²) >= 11 is 0. The number of fused-ring (bicyclic) bond motifs is 1. The van der Waals surface area contributed by atoms with Gasteiger partial charge in [0.05, 0.1) is 5.57 Å². The maximum atomic E-state index is 12.6. The van der Waals surface area contributed by atoms with Gasteiger partial charge in [0.25, 0.3) is 11.8 Å². The summed E-state index contributed by atoms with van der Waals surface area (Å²) in [7, 11) is 0. The van der Waals surface area contributed by atoms with Crippen molar-refractivity contribution in [2.45, 2.75) is 13.3 Å². The molecule has 1 aromatic heterocycles. The Morgan fingerprint density at radius 2 is 1.81 bits per heavy atom. The molecule has 178 valence electrons. The Morgan fingerprint density at radius 3 is 2.58 bits per heavy atom. The summed E-state index contributed by atoms with van der Waals surface area (Å²) in [5, 5.41) is 15.5. The lowest BCUT2D eigenvalue weighted by Gasteiger charge is -2.09. The number of aromatic nitrogens is 1. The smallest absolute Gasteiger partial charge is 0.256 e. The highest BCUT2D eigenvalue weighted by atomic mass is 16.3. The number of hydrogen-bond acceptors (Lipinski definition) is 3. The van der Waals surface area contributed by atoms with Gasteiger partial charge in [-0.15, -0.1) is 0 Å². The van der Waals surface area contributed by atoms with Crippen LogP contribution in [0.25, 0.3) is 17.4 Å². The van der Waals surface area contributed by atoms with Crippen molar-refractivity contribution < 1.29 is 14.7 Å². The first-order chi connectivity index (χ1) is 17.4. The average Bonchev–Trinajstić information content (AvgIpc) is 3.44. The summed E-state index contributed by atoms with van der Waals surface area (Å²) in [5.74, 6) is -0.356. The van der Waals surface area contributed by atoms with Crippen LogP contribution in [-0.2, 0) is 11.2 Å². The van der Waals surface area contributed by atoms with E-state index in [0.717, 1.165) is 33.6 Å². The van der Waals surface area contributed by atoms with Gasteiger partial charge in [-0.3, -0.25) is 9.59 Å². The minimum absolute atomic E-state index is 0.0318. The summed E-state index contributed by atoms with van der Waals surface area (Å²) in [5.41, 5.74) is 7.87. The Morgan fingerprint density at radius 1 is 1.00 bits per heavy atom. The van der Waals surface area contributed by atoms with E-state index in [2.05, 4.69) is 22.2 Å². The molecule has 6 nitrogen and oxygen atoms in total. The Labute approximate surface area is 209 Å². The third-order valence-corrected chi connectivity index (χ3v) is 6.08. The second-order valence-electron chi connectivity index (χ2n) is 8.88. The quantitative estimate of drug-likeness (QED) is 0.198. The molecule has 0 saturated heterocycles. The average molecular weight is 476 g/mol. The number of carbonyl (C=O) groups excluding carboxylic acids is 2. The molecule has 5 rings (SSSR count). The molecule has 2 heterocycles. The van der Waals surface area contributed by atoms with E-state index in [9.17, 15) is 14.7 Å². The van der Waals surface area contributed by atoms with Crippen LogP contribution in [0.3, 0.4) is 0 Å². The lowest BCUT2D eigenvalue weighted by Crippen LogP contribution is -2.12. The Hall–Kier alpha value is -4.84. The third kappa shape index (κ3) is 4.83. The van der Waals surface area contributed by atoms with Crippen LogP contribution in [0, 0.1) is 6.92 Å². The summed E-state index contributed by atoms with van der Waals surface area (Å²) in [4.78, 5) is 28.3. The van der Waals surface area contributed by atoms with Crippen molar-refractivity contribution in [1.82, 2.24) is 4.98 Å². The first kappa shape index (κ1) is 22.9. The fraction of sp³-hybridized carbons (Fsp3) is 0.0667. The number of aromatic amines is 1. The van der Waals surface area contributed by atoms with Gasteiger partial charge in [-0.1, -0.05) is 48.5 Å². The Bertz CT molecular complexity index is 1540. The van der Waals surface area contributed by atoms with Crippen LogP contribution >= 0.6 is 0 Å². The summed E-state index contributed by atoms with van der Waals surface area (Å²) in [6.45, 7) is 5.47. The third-order valence-electron chi connectivity index (χ3n) is 6.08. The Balaban J connectivity index is 1.33. The van der Waals surface area contributed by atoms with E-state index in [0.29, 0.717) is 28.8 Å². The van der Waals surface area contributed by atoms with Gasteiger partial charge in [0, 0.05) is 40.0 Å². The van der Waals surface area contributed by atoms with E-state index < -0.39 is 0 Å². The molecule has 1 aliphatic rings. The van der Waals surface area contributed by atoms with Crippen molar-refractivity contribution >= 4 is 40.6 Å². The fourth-order valence-corrected chi connectivity index (χ4v) is 4.30. The number of anilines is 2. The first-order valence-electron chi connectivity index (χ1n) is 11.6. The second-order valence-corrected chi connectivity index (χ2v) is 8.88. The molecular formula is C30H25N3O3. The molecule has 36 heavy (non-hydrogen) atoms. The molecule has 0 aliphatic carbocycles. The van der Waals surface area contributed by atoms with Crippen molar-refractivity contribution in [3.05, 3.63) is 125 Å². The maximum Gasteiger partial charge on any atom is 0.256 e. The zero-order chi connectivity index (χ0) is 25.2. The number of aryl methyl sites for hydroxylation is 1. The fourth-order valence-electron chi connectivity index (χ4n) is 4.30. The molecule has 4 aromatic rings. The molecule has 2 amide bonds. The largest absolute Gasteiger partial charge is 0.508 e. The molecule has 0 bridgehead atoms. The number of carbonyl (C=O) groups is 2. The van der Waals surface area contributed by atoms with Crippen LogP contribution < -0.4 is 10.6 Å². The van der Waals surface area contributed by atoms with Gasteiger partial charge in [0.2, 0.25) is 0 Å². The molecule has 0 saturated carbocycles. The summed E-state index contributed by atoms with van der Waals surface area (Å²) in [6, 6.07) is 22.9. The molecule has 3 aromatic carbocycles. The van der Waals surface area contributed by atoms with Gasteiger partial charge in [0.1, 0.15) is 5.76 Å². The highest BCUT2D eigenvalue weighted by Crippen LogP contribution is 2.34. The van der Waals surface area contributed by atoms with Gasteiger partial charge in [0.15, 0.2) is 0 Å². The van der Waals surface area contributed by atoms with Crippen molar-refractivity contribution in [1.29, 1.82) is 0 Å². The first-order valence-corrected chi connectivity index (χ1v) is 11.6. The summed E-state index contributed by atoms with van der Waals surface area (Å²) in [6.07, 6.45) is 4.05. The molecule has 0 fully saturated rings. The number of H-pyrrole nitrogens is 1. The van der Waals surface area contributed by atoms with E-state index in [-0.39, 0.29) is 17.6 Å². The van der Waals surface area contributed by atoms with Crippen molar-refractivity contribution in [3.63, 3.8) is 0 Å². The van der Waals surface area contributed by atoms with E-state index >= 15 is 0 Å². The van der Waals surface area contributed by atoms with Crippen LogP contribution in [0.5, 0.6) is 0 Å². The minimum Gasteiger partial charge on any atom is -0.508 e. The monoisotopic (exact) mass is 475 g/mol. The number of aliphatic hydroxyl groups excluding tert-OH is 1. The van der Waals surface area contributed by atoms with Gasteiger partial charge >= 0.3 is 0 Å². The number of aliphatic hydroxyl groups is 1. The molecule has 4 N–H and O–H groups in total. The predicted octanol–water partition coefficient (Wildman–Crippen LogP) is 6.19. The molecule has 0 radical (unpaired) electrons. The number of amides is 2. The molecule has 6 heteroatoms. The molecule has 0 atom stereocenters. The van der Waals surface area contributed by atoms with Gasteiger partial charge < -0.3 is 20.7 Å². The molecule has 1 aliphatic heterocycles. The van der Waals surface area contributed by atoms with Gasteiger partial charge in [-0.05, 0) is 66.9 Å². The SMILES string of the molecule is C=C(O)c1c[nH]c(/C=C2\C(=O)Nc3cc(Cc4cccc(NC(=O)c5cccc(C)c5)c4)ccc32)c1. The van der Waals surface area contributed by atoms with Crippen LogP contribution in [0.4, 0.5) is 11.4 Å². The van der Waals surface area contributed by atoms with Crippen molar-refractivity contribution in [3.8, 4) is 0 Å². The zero-order valence-electron chi connectivity index (χ0n) is 19.8. The summed E-state index contributed by atoms with van der Waals surface area (Å²) < 4.78 is 0. The highest BCUT2D eigenvalue weighted by molar-refractivity contribution is 6.34. The van der Waals surface area contributed by atoms with Gasteiger partial charge in [-0.25, -0.2) is 0 Å². The van der Waals surface area contributed by atoms with Crippen LogP contribution in [-0.4, -0.2) is 21.9 Å².